The number of hydrogen-bond donors (Lipinski definition) is 1. The van der Waals surface area contributed by atoms with Crippen molar-refractivity contribution in [2.24, 2.45) is 0 Å². The molecule has 0 fully saturated rings. The molecule has 2 amide bonds. The lowest BCUT2D eigenvalue weighted by Gasteiger charge is -2.22. The number of nitrogens with one attached hydrogen (secondary N) is 1. The lowest BCUT2D eigenvalue weighted by atomic mass is 10.2. The highest BCUT2D eigenvalue weighted by atomic mass is 16.5. The topological polar surface area (TPSA) is 58.6 Å². The second-order valence-electron chi connectivity index (χ2n) is 5.89. The molecule has 0 aliphatic carbocycles. The van der Waals surface area contributed by atoms with E-state index in [1.54, 1.807) is 24.3 Å². The minimum atomic E-state index is -0.184. The standard InChI is InChI=1S/C20H24N2O3/c1-4-15(2)21-20(24)14-22(16(3)23)17-10-12-19(13-11-17)25-18-8-6-5-7-9-18/h5-13,15H,4,14H2,1-3H3,(H,21,24). The van der Waals surface area contributed by atoms with Crippen LogP contribution in [0.5, 0.6) is 11.5 Å². The van der Waals surface area contributed by atoms with E-state index in [9.17, 15) is 9.59 Å². The monoisotopic (exact) mass is 340 g/mol. The zero-order chi connectivity index (χ0) is 18.2. The van der Waals surface area contributed by atoms with Gasteiger partial charge in [-0.2, -0.15) is 0 Å². The number of para-hydroxylation sites is 1. The first-order valence-corrected chi connectivity index (χ1v) is 8.40. The predicted molar refractivity (Wildman–Crippen MR) is 98.9 cm³/mol. The van der Waals surface area contributed by atoms with Crippen molar-refractivity contribution in [3.8, 4) is 11.5 Å². The van der Waals surface area contributed by atoms with Crippen molar-refractivity contribution < 1.29 is 14.3 Å². The van der Waals surface area contributed by atoms with Gasteiger partial charge in [-0.25, -0.2) is 0 Å². The van der Waals surface area contributed by atoms with Gasteiger partial charge in [0, 0.05) is 18.7 Å². The van der Waals surface area contributed by atoms with Gasteiger partial charge in [-0.15, -0.1) is 0 Å². The molecule has 0 radical (unpaired) electrons. The van der Waals surface area contributed by atoms with Gasteiger partial charge in [0.25, 0.3) is 0 Å². The molecule has 0 aliphatic rings. The Kier molecular flexibility index (Phi) is 6.57. The van der Waals surface area contributed by atoms with Crippen molar-refractivity contribution in [1.29, 1.82) is 0 Å². The van der Waals surface area contributed by atoms with Crippen molar-refractivity contribution in [2.75, 3.05) is 11.4 Å². The third kappa shape index (κ3) is 5.64. The van der Waals surface area contributed by atoms with Gasteiger partial charge in [0.15, 0.2) is 0 Å². The maximum absolute atomic E-state index is 12.1. The van der Waals surface area contributed by atoms with E-state index in [1.807, 2.05) is 44.2 Å². The largest absolute Gasteiger partial charge is 0.457 e. The summed E-state index contributed by atoms with van der Waals surface area (Å²) in [6, 6.07) is 16.7. The molecule has 0 bridgehead atoms. The summed E-state index contributed by atoms with van der Waals surface area (Å²) >= 11 is 0. The van der Waals surface area contributed by atoms with Gasteiger partial charge < -0.3 is 15.0 Å². The summed E-state index contributed by atoms with van der Waals surface area (Å²) in [6.07, 6.45) is 0.845. The number of carbonyl (C=O) groups excluding carboxylic acids is 2. The summed E-state index contributed by atoms with van der Waals surface area (Å²) in [7, 11) is 0. The molecule has 5 nitrogen and oxygen atoms in total. The van der Waals surface area contributed by atoms with E-state index in [0.717, 1.165) is 12.2 Å². The molecule has 2 aromatic carbocycles. The molecule has 132 valence electrons. The summed E-state index contributed by atoms with van der Waals surface area (Å²) in [4.78, 5) is 25.5. The van der Waals surface area contributed by atoms with E-state index in [0.29, 0.717) is 11.4 Å². The minimum absolute atomic E-state index is 0.00143. The second kappa shape index (κ2) is 8.87. The maximum atomic E-state index is 12.1. The number of rotatable bonds is 7. The van der Waals surface area contributed by atoms with Gasteiger partial charge in [0.05, 0.1) is 0 Å². The van der Waals surface area contributed by atoms with E-state index >= 15 is 0 Å². The van der Waals surface area contributed by atoms with Gasteiger partial charge in [0.2, 0.25) is 11.8 Å². The fraction of sp³-hybridized carbons (Fsp3) is 0.300. The molecule has 0 spiro atoms. The Hall–Kier alpha value is -2.82. The van der Waals surface area contributed by atoms with Gasteiger partial charge in [-0.05, 0) is 49.7 Å². The summed E-state index contributed by atoms with van der Waals surface area (Å²) < 4.78 is 5.74. The number of ether oxygens (including phenoxy) is 1. The molecule has 0 saturated carbocycles. The van der Waals surface area contributed by atoms with Crippen molar-refractivity contribution >= 4 is 17.5 Å². The normalized spacial score (nSPS) is 11.5. The Balaban J connectivity index is 2.06. The zero-order valence-corrected chi connectivity index (χ0v) is 14.9. The second-order valence-corrected chi connectivity index (χ2v) is 5.89. The van der Waals surface area contributed by atoms with E-state index in [-0.39, 0.29) is 24.4 Å². The first-order valence-electron chi connectivity index (χ1n) is 8.40. The number of nitrogens with zero attached hydrogens (tertiary/aromatic N) is 1. The van der Waals surface area contributed by atoms with Crippen molar-refractivity contribution in [2.45, 2.75) is 33.2 Å². The van der Waals surface area contributed by atoms with E-state index in [4.69, 9.17) is 4.74 Å². The zero-order valence-electron chi connectivity index (χ0n) is 14.9. The van der Waals surface area contributed by atoms with Crippen LogP contribution in [0.15, 0.2) is 54.6 Å². The van der Waals surface area contributed by atoms with Crippen LogP contribution in [0.1, 0.15) is 27.2 Å². The lowest BCUT2D eigenvalue weighted by Crippen LogP contribution is -2.42. The third-order valence-corrected chi connectivity index (χ3v) is 3.83. The predicted octanol–water partition coefficient (Wildman–Crippen LogP) is 3.75. The van der Waals surface area contributed by atoms with Crippen LogP contribution in [0.4, 0.5) is 5.69 Å². The van der Waals surface area contributed by atoms with Crippen molar-refractivity contribution in [3.63, 3.8) is 0 Å². The van der Waals surface area contributed by atoms with Crippen LogP contribution in [0.25, 0.3) is 0 Å². The summed E-state index contributed by atoms with van der Waals surface area (Å²) in [5.74, 6) is 1.05. The molecule has 0 aliphatic heterocycles. The number of anilines is 1. The van der Waals surface area contributed by atoms with Crippen LogP contribution >= 0.6 is 0 Å². The Morgan fingerprint density at radius 3 is 2.20 bits per heavy atom. The summed E-state index contributed by atoms with van der Waals surface area (Å²) in [5, 5.41) is 2.87. The van der Waals surface area contributed by atoms with Crippen LogP contribution in [-0.2, 0) is 9.59 Å². The van der Waals surface area contributed by atoms with Crippen LogP contribution < -0.4 is 15.0 Å². The van der Waals surface area contributed by atoms with Crippen molar-refractivity contribution in [3.05, 3.63) is 54.6 Å². The average molecular weight is 340 g/mol. The molecular weight excluding hydrogens is 316 g/mol. The Morgan fingerprint density at radius 1 is 1.04 bits per heavy atom. The Labute approximate surface area is 148 Å². The molecule has 1 N–H and O–H groups in total. The SMILES string of the molecule is CCC(C)NC(=O)CN(C(C)=O)c1ccc(Oc2ccccc2)cc1. The molecule has 5 heteroatoms. The molecule has 1 unspecified atom stereocenters. The maximum Gasteiger partial charge on any atom is 0.240 e. The molecular formula is C20H24N2O3. The fourth-order valence-electron chi connectivity index (χ4n) is 2.27. The van der Waals surface area contributed by atoms with Gasteiger partial charge in [-0.1, -0.05) is 25.1 Å². The summed E-state index contributed by atoms with van der Waals surface area (Å²) in [5.41, 5.74) is 0.659. The van der Waals surface area contributed by atoms with E-state index in [2.05, 4.69) is 5.32 Å². The quantitative estimate of drug-likeness (QED) is 0.835. The van der Waals surface area contributed by atoms with Gasteiger partial charge in [0.1, 0.15) is 18.0 Å². The molecule has 0 aromatic heterocycles. The number of carbonyl (C=O) groups is 2. The first-order chi connectivity index (χ1) is 12.0. The molecule has 25 heavy (non-hydrogen) atoms. The molecule has 0 heterocycles. The van der Waals surface area contributed by atoms with E-state index < -0.39 is 0 Å². The molecule has 2 aromatic rings. The number of benzene rings is 2. The summed E-state index contributed by atoms with van der Waals surface area (Å²) in [6.45, 7) is 5.38. The molecule has 1 atom stereocenters. The average Bonchev–Trinajstić information content (AvgIpc) is 2.61. The van der Waals surface area contributed by atoms with Crippen LogP contribution in [0.3, 0.4) is 0 Å². The number of hydrogen-bond acceptors (Lipinski definition) is 3. The highest BCUT2D eigenvalue weighted by Crippen LogP contribution is 2.24. The molecule has 2 rings (SSSR count). The highest BCUT2D eigenvalue weighted by molar-refractivity contribution is 5.97. The minimum Gasteiger partial charge on any atom is -0.457 e. The number of amides is 2. The van der Waals surface area contributed by atoms with Gasteiger partial charge >= 0.3 is 0 Å². The van der Waals surface area contributed by atoms with Crippen LogP contribution in [0, 0.1) is 0 Å². The fourth-order valence-corrected chi connectivity index (χ4v) is 2.27. The Bertz CT molecular complexity index is 699. The van der Waals surface area contributed by atoms with Crippen LogP contribution in [0.2, 0.25) is 0 Å². The van der Waals surface area contributed by atoms with Crippen molar-refractivity contribution in [1.82, 2.24) is 5.32 Å². The van der Waals surface area contributed by atoms with Crippen LogP contribution in [-0.4, -0.2) is 24.4 Å². The first kappa shape index (κ1) is 18.5. The third-order valence-electron chi connectivity index (χ3n) is 3.83. The Morgan fingerprint density at radius 2 is 1.64 bits per heavy atom. The van der Waals surface area contributed by atoms with Gasteiger partial charge in [-0.3, -0.25) is 9.59 Å². The van der Waals surface area contributed by atoms with E-state index in [1.165, 1.54) is 11.8 Å². The molecule has 0 saturated heterocycles. The smallest absolute Gasteiger partial charge is 0.240 e. The lowest BCUT2D eigenvalue weighted by molar-refractivity contribution is -0.123. The highest BCUT2D eigenvalue weighted by Gasteiger charge is 2.16.